The molecule has 1 N–H and O–H groups in total. The first-order valence-electron chi connectivity index (χ1n) is 5.44. The smallest absolute Gasteiger partial charge is 0.413 e. The van der Waals surface area contributed by atoms with Crippen LogP contribution in [0.4, 0.5) is 16.3 Å². The van der Waals surface area contributed by atoms with Crippen LogP contribution in [0.2, 0.25) is 0 Å². The molecule has 0 saturated heterocycles. The first-order valence-corrected chi connectivity index (χ1v) is 5.44. The number of rotatable bonds is 3. The first kappa shape index (κ1) is 13.9. The summed E-state index contributed by atoms with van der Waals surface area (Å²) in [5.41, 5.74) is -0.932. The standard InChI is InChI=1S/C10H16N4O4/c1-5-13-8(7(6-11-13)14(16)17)12-9(15)18-10(2,3)4/h6H,5H2,1-4H3,(H,12,15). The highest BCUT2D eigenvalue weighted by Crippen LogP contribution is 2.24. The van der Waals surface area contributed by atoms with Crippen LogP contribution in [0.5, 0.6) is 0 Å². The Morgan fingerprint density at radius 1 is 1.61 bits per heavy atom. The van der Waals surface area contributed by atoms with Gasteiger partial charge in [0, 0.05) is 6.54 Å². The van der Waals surface area contributed by atoms with Gasteiger partial charge >= 0.3 is 11.8 Å². The number of ether oxygens (including phenoxy) is 1. The molecule has 0 aromatic carbocycles. The molecule has 0 fully saturated rings. The molecule has 0 unspecified atom stereocenters. The third kappa shape index (κ3) is 3.44. The van der Waals surface area contributed by atoms with Gasteiger partial charge in [0.15, 0.2) is 0 Å². The van der Waals surface area contributed by atoms with Gasteiger partial charge in [-0.25, -0.2) is 9.48 Å². The Hall–Kier alpha value is -2.12. The van der Waals surface area contributed by atoms with Gasteiger partial charge in [-0.05, 0) is 27.7 Å². The van der Waals surface area contributed by atoms with Crippen LogP contribution in [0.25, 0.3) is 0 Å². The number of carbonyl (C=O) groups is 1. The third-order valence-electron chi connectivity index (χ3n) is 1.94. The molecule has 100 valence electrons. The SMILES string of the molecule is CCn1ncc([N+](=O)[O-])c1NC(=O)OC(C)(C)C. The number of carbonyl (C=O) groups excluding carboxylic acids is 1. The predicted molar refractivity (Wildman–Crippen MR) is 64.4 cm³/mol. The average Bonchev–Trinajstić information content (AvgIpc) is 2.57. The van der Waals surface area contributed by atoms with E-state index in [9.17, 15) is 14.9 Å². The van der Waals surface area contributed by atoms with Gasteiger partial charge < -0.3 is 4.74 Å². The second-order valence-electron chi connectivity index (χ2n) is 4.58. The summed E-state index contributed by atoms with van der Waals surface area (Å²) in [5, 5.41) is 16.9. The molecule has 0 radical (unpaired) electrons. The molecule has 1 amide bonds. The number of hydrogen-bond acceptors (Lipinski definition) is 5. The molecule has 0 spiro atoms. The fourth-order valence-corrected chi connectivity index (χ4v) is 1.28. The Labute approximate surface area is 104 Å². The van der Waals surface area contributed by atoms with Crippen molar-refractivity contribution in [1.82, 2.24) is 9.78 Å². The molecule has 0 bridgehead atoms. The van der Waals surface area contributed by atoms with E-state index < -0.39 is 16.6 Å². The van der Waals surface area contributed by atoms with Crippen LogP contribution < -0.4 is 5.32 Å². The molecule has 0 saturated carbocycles. The molecule has 0 aliphatic heterocycles. The van der Waals surface area contributed by atoms with Crippen LogP contribution in [0, 0.1) is 10.1 Å². The minimum absolute atomic E-state index is 0.0248. The lowest BCUT2D eigenvalue weighted by Crippen LogP contribution is -2.28. The number of amides is 1. The van der Waals surface area contributed by atoms with E-state index in [2.05, 4.69) is 10.4 Å². The van der Waals surface area contributed by atoms with Crippen LogP contribution in [-0.2, 0) is 11.3 Å². The maximum absolute atomic E-state index is 11.6. The zero-order valence-corrected chi connectivity index (χ0v) is 10.8. The van der Waals surface area contributed by atoms with Crippen molar-refractivity contribution in [1.29, 1.82) is 0 Å². The Bertz CT molecular complexity index is 461. The molecule has 0 atom stereocenters. The van der Waals surface area contributed by atoms with Gasteiger partial charge in [0.25, 0.3) is 0 Å². The van der Waals surface area contributed by atoms with Crippen LogP contribution in [0.1, 0.15) is 27.7 Å². The van der Waals surface area contributed by atoms with E-state index in [1.807, 2.05) is 0 Å². The molecule has 1 aromatic heterocycles. The number of nitrogens with one attached hydrogen (secondary N) is 1. The lowest BCUT2D eigenvalue weighted by molar-refractivity contribution is -0.384. The summed E-state index contributed by atoms with van der Waals surface area (Å²) in [5.74, 6) is 0.0248. The summed E-state index contributed by atoms with van der Waals surface area (Å²) in [4.78, 5) is 21.7. The average molecular weight is 256 g/mol. The van der Waals surface area contributed by atoms with Gasteiger partial charge in [-0.1, -0.05) is 0 Å². The van der Waals surface area contributed by atoms with E-state index in [1.54, 1.807) is 27.7 Å². The van der Waals surface area contributed by atoms with Crippen LogP contribution in [-0.4, -0.2) is 26.4 Å². The highest BCUT2D eigenvalue weighted by atomic mass is 16.6. The van der Waals surface area contributed by atoms with Crippen molar-refractivity contribution in [2.45, 2.75) is 39.8 Å². The number of nitrogens with zero attached hydrogens (tertiary/aromatic N) is 3. The first-order chi connectivity index (χ1) is 8.24. The van der Waals surface area contributed by atoms with Crippen molar-refractivity contribution >= 4 is 17.6 Å². The fraction of sp³-hybridized carbons (Fsp3) is 0.600. The van der Waals surface area contributed by atoms with Crippen molar-refractivity contribution in [3.05, 3.63) is 16.3 Å². The van der Waals surface area contributed by atoms with E-state index in [1.165, 1.54) is 4.68 Å². The molecule has 18 heavy (non-hydrogen) atoms. The van der Waals surface area contributed by atoms with Gasteiger partial charge in [0.2, 0.25) is 5.82 Å². The van der Waals surface area contributed by atoms with Crippen molar-refractivity contribution in [3.63, 3.8) is 0 Å². The summed E-state index contributed by atoms with van der Waals surface area (Å²) in [6, 6.07) is 0. The fourth-order valence-electron chi connectivity index (χ4n) is 1.28. The van der Waals surface area contributed by atoms with E-state index in [-0.39, 0.29) is 11.5 Å². The predicted octanol–water partition coefficient (Wildman–Crippen LogP) is 2.16. The lowest BCUT2D eigenvalue weighted by Gasteiger charge is -2.19. The van der Waals surface area contributed by atoms with Crippen molar-refractivity contribution in [2.75, 3.05) is 5.32 Å². The second-order valence-corrected chi connectivity index (χ2v) is 4.58. The normalized spacial score (nSPS) is 11.1. The molecule has 8 heteroatoms. The Kier molecular flexibility index (Phi) is 3.89. The van der Waals surface area contributed by atoms with Crippen LogP contribution in [0.3, 0.4) is 0 Å². The largest absolute Gasteiger partial charge is 0.444 e. The minimum atomic E-state index is -0.749. The monoisotopic (exact) mass is 256 g/mol. The number of aryl methyl sites for hydroxylation is 1. The molecule has 0 aliphatic rings. The van der Waals surface area contributed by atoms with Crippen molar-refractivity contribution < 1.29 is 14.5 Å². The molecule has 1 heterocycles. The topological polar surface area (TPSA) is 99.3 Å². The zero-order valence-electron chi connectivity index (χ0n) is 10.8. The van der Waals surface area contributed by atoms with E-state index in [4.69, 9.17) is 4.74 Å². The number of anilines is 1. The molecule has 1 aromatic rings. The number of nitro groups is 1. The Balaban J connectivity index is 2.92. The van der Waals surface area contributed by atoms with Crippen molar-refractivity contribution in [2.24, 2.45) is 0 Å². The van der Waals surface area contributed by atoms with E-state index >= 15 is 0 Å². The Morgan fingerprint density at radius 3 is 2.67 bits per heavy atom. The third-order valence-corrected chi connectivity index (χ3v) is 1.94. The van der Waals surface area contributed by atoms with Crippen LogP contribution in [0.15, 0.2) is 6.20 Å². The maximum atomic E-state index is 11.6. The summed E-state index contributed by atoms with van der Waals surface area (Å²) in [6.45, 7) is 7.28. The van der Waals surface area contributed by atoms with E-state index in [0.717, 1.165) is 6.20 Å². The molecular formula is C10H16N4O4. The second kappa shape index (κ2) is 5.03. The highest BCUT2D eigenvalue weighted by Gasteiger charge is 2.24. The molecule has 0 aliphatic carbocycles. The number of hydrogen-bond donors (Lipinski definition) is 1. The molecule has 8 nitrogen and oxygen atoms in total. The van der Waals surface area contributed by atoms with Gasteiger partial charge in [-0.2, -0.15) is 5.10 Å². The summed E-state index contributed by atoms with van der Waals surface area (Å²) in [6.07, 6.45) is 0.344. The van der Waals surface area contributed by atoms with Crippen molar-refractivity contribution in [3.8, 4) is 0 Å². The highest BCUT2D eigenvalue weighted by molar-refractivity contribution is 5.86. The van der Waals surface area contributed by atoms with Gasteiger partial charge in [-0.3, -0.25) is 15.4 Å². The molecular weight excluding hydrogens is 240 g/mol. The number of aromatic nitrogens is 2. The lowest BCUT2D eigenvalue weighted by atomic mass is 10.2. The zero-order chi connectivity index (χ0) is 13.9. The van der Waals surface area contributed by atoms with Gasteiger partial charge in [0.05, 0.1) is 4.92 Å². The Morgan fingerprint density at radius 2 is 2.22 bits per heavy atom. The van der Waals surface area contributed by atoms with Gasteiger partial charge in [-0.15, -0.1) is 0 Å². The summed E-state index contributed by atoms with van der Waals surface area (Å²) >= 11 is 0. The maximum Gasteiger partial charge on any atom is 0.413 e. The van der Waals surface area contributed by atoms with Crippen LogP contribution >= 0.6 is 0 Å². The quantitative estimate of drug-likeness (QED) is 0.659. The molecule has 1 rings (SSSR count). The summed E-state index contributed by atoms with van der Waals surface area (Å²) in [7, 11) is 0. The summed E-state index contributed by atoms with van der Waals surface area (Å²) < 4.78 is 6.35. The minimum Gasteiger partial charge on any atom is -0.444 e. The van der Waals surface area contributed by atoms with Gasteiger partial charge in [0.1, 0.15) is 11.8 Å². The van der Waals surface area contributed by atoms with E-state index in [0.29, 0.717) is 6.54 Å².